The van der Waals surface area contributed by atoms with E-state index in [0.717, 1.165) is 19.0 Å². The van der Waals surface area contributed by atoms with Gasteiger partial charge in [-0.3, -0.25) is 9.58 Å². The Balaban J connectivity index is 1.43. The molecule has 0 amide bonds. The number of rotatable bonds is 5. The molecule has 5 nitrogen and oxygen atoms in total. The van der Waals surface area contributed by atoms with Crippen LogP contribution in [0.3, 0.4) is 0 Å². The molecule has 22 heavy (non-hydrogen) atoms. The molecule has 1 aliphatic carbocycles. The average molecular weight is 298 g/mol. The van der Waals surface area contributed by atoms with E-state index in [1.165, 1.54) is 31.5 Å². The normalized spacial score (nSPS) is 22.1. The molecule has 0 radical (unpaired) electrons. The van der Waals surface area contributed by atoms with Crippen LogP contribution >= 0.6 is 0 Å². The maximum absolute atomic E-state index is 5.87. The van der Waals surface area contributed by atoms with Crippen LogP contribution in [0.2, 0.25) is 0 Å². The van der Waals surface area contributed by atoms with Gasteiger partial charge in [0.05, 0.1) is 11.7 Å². The summed E-state index contributed by atoms with van der Waals surface area (Å²) in [6.07, 6.45) is 7.85. The number of aromatic nitrogens is 3. The Morgan fingerprint density at radius 1 is 1.18 bits per heavy atom. The Kier molecular flexibility index (Phi) is 3.81. The molecule has 0 N–H and O–H groups in total. The summed E-state index contributed by atoms with van der Waals surface area (Å²) in [6, 6.07) is 8.14. The number of fused-ring (bicyclic) bond motifs is 1. The molecule has 2 aliphatic rings. The predicted molar refractivity (Wildman–Crippen MR) is 83.6 cm³/mol. The van der Waals surface area contributed by atoms with Crippen LogP contribution in [0.5, 0.6) is 5.88 Å². The van der Waals surface area contributed by atoms with Gasteiger partial charge >= 0.3 is 0 Å². The zero-order chi connectivity index (χ0) is 14.8. The van der Waals surface area contributed by atoms with Gasteiger partial charge in [-0.05, 0) is 30.9 Å². The summed E-state index contributed by atoms with van der Waals surface area (Å²) >= 11 is 0. The summed E-state index contributed by atoms with van der Waals surface area (Å²) in [5.41, 5.74) is 1.29. The molecule has 116 valence electrons. The monoisotopic (exact) mass is 298 g/mol. The molecule has 3 heterocycles. The van der Waals surface area contributed by atoms with Crippen LogP contribution in [-0.4, -0.2) is 39.4 Å². The quantitative estimate of drug-likeness (QED) is 0.850. The fourth-order valence-electron chi connectivity index (χ4n) is 3.38. The Labute approximate surface area is 130 Å². The van der Waals surface area contributed by atoms with E-state index in [0.29, 0.717) is 12.5 Å². The Morgan fingerprint density at radius 2 is 2.14 bits per heavy atom. The highest BCUT2D eigenvalue weighted by Gasteiger charge is 2.29. The van der Waals surface area contributed by atoms with Crippen LogP contribution in [0.1, 0.15) is 31.0 Å². The SMILES string of the molecule is c1ccc(OC[C@@H]2CN(CC3CCC3)Cc3ccnn32)nc1. The van der Waals surface area contributed by atoms with Crippen LogP contribution in [0, 0.1) is 5.92 Å². The molecule has 2 aromatic heterocycles. The lowest BCUT2D eigenvalue weighted by molar-refractivity contribution is 0.0992. The third-order valence-corrected chi connectivity index (χ3v) is 4.76. The zero-order valence-corrected chi connectivity index (χ0v) is 12.8. The van der Waals surface area contributed by atoms with Gasteiger partial charge in [0.15, 0.2) is 0 Å². The zero-order valence-electron chi connectivity index (χ0n) is 12.8. The van der Waals surface area contributed by atoms with E-state index in [9.17, 15) is 0 Å². The molecule has 0 aromatic carbocycles. The van der Waals surface area contributed by atoms with Gasteiger partial charge in [0.2, 0.25) is 5.88 Å². The Morgan fingerprint density at radius 3 is 2.91 bits per heavy atom. The lowest BCUT2D eigenvalue weighted by Crippen LogP contribution is -2.43. The van der Waals surface area contributed by atoms with Crippen LogP contribution < -0.4 is 4.74 Å². The molecule has 5 heteroatoms. The highest BCUT2D eigenvalue weighted by Crippen LogP contribution is 2.29. The summed E-state index contributed by atoms with van der Waals surface area (Å²) in [4.78, 5) is 6.79. The van der Waals surface area contributed by atoms with Crippen molar-refractivity contribution in [3.63, 3.8) is 0 Å². The smallest absolute Gasteiger partial charge is 0.213 e. The van der Waals surface area contributed by atoms with Crippen molar-refractivity contribution in [1.29, 1.82) is 0 Å². The van der Waals surface area contributed by atoms with Gasteiger partial charge in [0.25, 0.3) is 0 Å². The molecule has 1 fully saturated rings. The molecule has 4 rings (SSSR count). The molecule has 0 bridgehead atoms. The minimum absolute atomic E-state index is 0.265. The molecule has 0 unspecified atom stereocenters. The topological polar surface area (TPSA) is 43.2 Å². The van der Waals surface area contributed by atoms with E-state index in [4.69, 9.17) is 4.74 Å². The number of pyridine rings is 1. The second-order valence-corrected chi connectivity index (χ2v) is 6.39. The van der Waals surface area contributed by atoms with Crippen molar-refractivity contribution >= 4 is 0 Å². The van der Waals surface area contributed by atoms with E-state index >= 15 is 0 Å². The van der Waals surface area contributed by atoms with Gasteiger partial charge in [0, 0.05) is 38.1 Å². The standard InChI is InChI=1S/C17H22N4O/c1-2-8-18-17(6-1)22-13-16-12-20(10-14-4-3-5-14)11-15-7-9-19-21(15)16/h1-2,6-9,14,16H,3-5,10-13H2/t16-/m0/s1. The minimum atomic E-state index is 0.265. The molecule has 1 saturated carbocycles. The summed E-state index contributed by atoms with van der Waals surface area (Å²) in [5.74, 6) is 1.58. The molecule has 1 atom stereocenters. The highest BCUT2D eigenvalue weighted by atomic mass is 16.5. The molecule has 2 aromatic rings. The summed E-state index contributed by atoms with van der Waals surface area (Å²) in [5, 5.41) is 4.49. The third kappa shape index (κ3) is 2.86. The maximum Gasteiger partial charge on any atom is 0.213 e. The van der Waals surface area contributed by atoms with Crippen molar-refractivity contribution in [2.45, 2.75) is 31.8 Å². The molecule has 1 aliphatic heterocycles. The molecular formula is C17H22N4O. The second-order valence-electron chi connectivity index (χ2n) is 6.39. The van der Waals surface area contributed by atoms with E-state index in [2.05, 4.69) is 25.7 Å². The average Bonchev–Trinajstić information content (AvgIpc) is 2.98. The van der Waals surface area contributed by atoms with Gasteiger partial charge in [-0.1, -0.05) is 12.5 Å². The Hall–Kier alpha value is -1.88. The maximum atomic E-state index is 5.87. The highest BCUT2D eigenvalue weighted by molar-refractivity contribution is 5.10. The molecule has 0 spiro atoms. The summed E-state index contributed by atoms with van der Waals surface area (Å²) in [7, 11) is 0. The minimum Gasteiger partial charge on any atom is -0.475 e. The van der Waals surface area contributed by atoms with Gasteiger partial charge in [0.1, 0.15) is 6.61 Å². The first kappa shape index (κ1) is 13.8. The number of ether oxygens (including phenoxy) is 1. The van der Waals surface area contributed by atoms with Crippen LogP contribution in [0.15, 0.2) is 36.7 Å². The number of hydrogen-bond acceptors (Lipinski definition) is 4. The van der Waals surface area contributed by atoms with Gasteiger partial charge < -0.3 is 4.74 Å². The van der Waals surface area contributed by atoms with E-state index in [1.54, 1.807) is 6.20 Å². The van der Waals surface area contributed by atoms with Gasteiger partial charge in [-0.15, -0.1) is 0 Å². The van der Waals surface area contributed by atoms with Gasteiger partial charge in [-0.25, -0.2) is 4.98 Å². The van der Waals surface area contributed by atoms with Crippen LogP contribution in [0.25, 0.3) is 0 Å². The van der Waals surface area contributed by atoms with Crippen LogP contribution in [-0.2, 0) is 6.54 Å². The molecular weight excluding hydrogens is 276 g/mol. The van der Waals surface area contributed by atoms with Crippen molar-refractivity contribution < 1.29 is 4.74 Å². The largest absolute Gasteiger partial charge is 0.475 e. The van der Waals surface area contributed by atoms with Crippen molar-refractivity contribution in [2.24, 2.45) is 5.92 Å². The summed E-state index contributed by atoms with van der Waals surface area (Å²) < 4.78 is 7.99. The van der Waals surface area contributed by atoms with Crippen molar-refractivity contribution in [1.82, 2.24) is 19.7 Å². The van der Waals surface area contributed by atoms with Crippen molar-refractivity contribution in [3.8, 4) is 5.88 Å². The first-order valence-corrected chi connectivity index (χ1v) is 8.17. The lowest BCUT2D eigenvalue weighted by Gasteiger charge is -2.37. The number of nitrogens with zero attached hydrogens (tertiary/aromatic N) is 4. The summed E-state index contributed by atoms with van der Waals surface area (Å²) in [6.45, 7) is 3.85. The van der Waals surface area contributed by atoms with E-state index < -0.39 is 0 Å². The first-order chi connectivity index (χ1) is 10.9. The fourth-order valence-corrected chi connectivity index (χ4v) is 3.38. The third-order valence-electron chi connectivity index (χ3n) is 4.76. The van der Waals surface area contributed by atoms with Crippen LogP contribution in [0.4, 0.5) is 0 Å². The number of hydrogen-bond donors (Lipinski definition) is 0. The van der Waals surface area contributed by atoms with E-state index in [1.807, 2.05) is 24.4 Å². The predicted octanol–water partition coefficient (Wildman–Crippen LogP) is 2.51. The van der Waals surface area contributed by atoms with Crippen molar-refractivity contribution in [2.75, 3.05) is 19.7 Å². The van der Waals surface area contributed by atoms with Gasteiger partial charge in [-0.2, -0.15) is 5.10 Å². The fraction of sp³-hybridized carbons (Fsp3) is 0.529. The lowest BCUT2D eigenvalue weighted by atomic mass is 9.85. The first-order valence-electron chi connectivity index (χ1n) is 8.17. The van der Waals surface area contributed by atoms with Crippen molar-refractivity contribution in [3.05, 3.63) is 42.4 Å². The van der Waals surface area contributed by atoms with E-state index in [-0.39, 0.29) is 6.04 Å². The second kappa shape index (κ2) is 6.08. The Bertz CT molecular complexity index is 608. The molecule has 0 saturated heterocycles.